The smallest absolute Gasteiger partial charge is 0.408 e. The number of unbranched alkanes of at least 4 members (excludes halogenated alkanes) is 18. The van der Waals surface area contributed by atoms with Crippen molar-refractivity contribution in [2.45, 2.75) is 186 Å². The maximum atomic E-state index is 13.8. The van der Waals surface area contributed by atoms with Crippen LogP contribution in [0.25, 0.3) is 22.3 Å². The number of fused-ring (bicyclic) bond motifs is 5. The molecule has 2 aliphatic rings. The standard InChI is InChI=1S/C52H76N4O10/c1-3-5-6-7-8-9-10-11-12-13-14-15-16-20-25-32-63-37-41(36-57)65-47(59)29-22-19-17-18-21-28-46(58)53-30-31-54-51(62)66-52(4-2)43-34-45-48-40(33-39-26-23-24-27-44(39)55-48)35-56(45)49(60)42(43)38-64-50(52)61/h23-24,26-27,33-34,41,57H,3-22,25,28-32,35-38H2,1-2H3,(H,53,58)(H,54,62)/t41?,52-/m0/s1. The SMILES string of the molecule is CCCCCCCCCCCCCCCCCOCC(CO)OC(=O)CCCCCCCC(=O)NCCNC(=O)O[C@]1(CC)C(=O)OCc2c1cc1n(c2=O)Cc2cc3ccccc3nc2-1. The summed E-state index contributed by atoms with van der Waals surface area (Å²) in [5.74, 6) is -1.26. The van der Waals surface area contributed by atoms with Crippen molar-refractivity contribution in [1.82, 2.24) is 20.2 Å². The first-order valence-electron chi connectivity index (χ1n) is 25.2. The van der Waals surface area contributed by atoms with Gasteiger partial charge in [0, 0.05) is 49.1 Å². The van der Waals surface area contributed by atoms with E-state index in [0.29, 0.717) is 49.4 Å². The van der Waals surface area contributed by atoms with Gasteiger partial charge < -0.3 is 39.3 Å². The normalized spacial score (nSPS) is 15.4. The Hall–Kier alpha value is -4.82. The lowest BCUT2D eigenvalue weighted by Crippen LogP contribution is -2.49. The zero-order valence-corrected chi connectivity index (χ0v) is 39.8. The Kier molecular flexibility index (Phi) is 22.4. The predicted molar refractivity (Wildman–Crippen MR) is 255 cm³/mol. The zero-order chi connectivity index (χ0) is 47.0. The fourth-order valence-electron chi connectivity index (χ4n) is 8.98. The summed E-state index contributed by atoms with van der Waals surface area (Å²) in [6, 6.07) is 11.4. The molecular formula is C52H76N4O10. The summed E-state index contributed by atoms with van der Waals surface area (Å²) in [7, 11) is 0. The van der Waals surface area contributed by atoms with Crippen LogP contribution in [0.2, 0.25) is 0 Å². The largest absolute Gasteiger partial charge is 0.457 e. The highest BCUT2D eigenvalue weighted by molar-refractivity contribution is 5.88. The average Bonchev–Trinajstić information content (AvgIpc) is 3.68. The van der Waals surface area contributed by atoms with Crippen molar-refractivity contribution in [3.63, 3.8) is 0 Å². The molecule has 1 unspecified atom stereocenters. The first-order chi connectivity index (χ1) is 32.2. The molecule has 3 N–H and O–H groups in total. The van der Waals surface area contributed by atoms with E-state index in [1.807, 2.05) is 30.3 Å². The Labute approximate surface area is 391 Å². The van der Waals surface area contributed by atoms with Gasteiger partial charge in [-0.05, 0) is 43.9 Å². The van der Waals surface area contributed by atoms with Crippen LogP contribution in [0.15, 0.2) is 41.2 Å². The molecule has 1 aromatic carbocycles. The summed E-state index contributed by atoms with van der Waals surface area (Å²) < 4.78 is 24.0. The molecule has 2 aromatic heterocycles. The molecule has 14 heteroatoms. The number of aliphatic hydroxyl groups is 1. The lowest BCUT2D eigenvalue weighted by molar-refractivity contribution is -0.172. The van der Waals surface area contributed by atoms with Crippen LogP contribution < -0.4 is 16.2 Å². The van der Waals surface area contributed by atoms with E-state index in [1.165, 1.54) is 83.5 Å². The average molecular weight is 917 g/mol. The highest BCUT2D eigenvalue weighted by Crippen LogP contribution is 2.41. The maximum Gasteiger partial charge on any atom is 0.408 e. The van der Waals surface area contributed by atoms with Crippen LogP contribution in [-0.4, -0.2) is 77.6 Å². The van der Waals surface area contributed by atoms with Gasteiger partial charge in [0.25, 0.3) is 5.56 Å². The van der Waals surface area contributed by atoms with E-state index >= 15 is 0 Å². The molecule has 66 heavy (non-hydrogen) atoms. The Balaban J connectivity index is 0.874. The van der Waals surface area contributed by atoms with Crippen molar-refractivity contribution >= 4 is 34.8 Å². The highest BCUT2D eigenvalue weighted by atomic mass is 16.6. The van der Waals surface area contributed by atoms with Crippen LogP contribution in [0.1, 0.15) is 178 Å². The number of hydrogen-bond acceptors (Lipinski definition) is 11. The lowest BCUT2D eigenvalue weighted by Gasteiger charge is -2.35. The Morgan fingerprint density at radius 2 is 1.42 bits per heavy atom. The van der Waals surface area contributed by atoms with Crippen molar-refractivity contribution in [1.29, 1.82) is 0 Å². The molecule has 0 saturated carbocycles. The van der Waals surface area contributed by atoms with Gasteiger partial charge in [-0.3, -0.25) is 14.4 Å². The van der Waals surface area contributed by atoms with Gasteiger partial charge in [0.2, 0.25) is 11.5 Å². The Morgan fingerprint density at radius 3 is 2.09 bits per heavy atom. The molecule has 2 amide bonds. The van der Waals surface area contributed by atoms with Crippen molar-refractivity contribution in [2.75, 3.05) is 32.9 Å². The summed E-state index contributed by atoms with van der Waals surface area (Å²) >= 11 is 0. The quantitative estimate of drug-likeness (QED) is 0.0235. The number of carbonyl (C=O) groups is 4. The number of nitrogens with one attached hydrogen (secondary N) is 2. The topological polar surface area (TPSA) is 184 Å². The van der Waals surface area contributed by atoms with Crippen molar-refractivity contribution in [3.05, 3.63) is 63.4 Å². The molecule has 364 valence electrons. The van der Waals surface area contributed by atoms with E-state index < -0.39 is 23.8 Å². The van der Waals surface area contributed by atoms with Gasteiger partial charge in [-0.15, -0.1) is 0 Å². The predicted octanol–water partition coefficient (Wildman–Crippen LogP) is 9.45. The Bertz CT molecular complexity index is 2070. The minimum atomic E-state index is -1.84. The first kappa shape index (κ1) is 52.2. The lowest BCUT2D eigenvalue weighted by atomic mass is 9.85. The number of benzene rings is 1. The summed E-state index contributed by atoms with van der Waals surface area (Å²) in [6.07, 6.45) is 22.5. The number of pyridine rings is 2. The van der Waals surface area contributed by atoms with Gasteiger partial charge in [-0.1, -0.05) is 141 Å². The van der Waals surface area contributed by atoms with E-state index in [4.69, 9.17) is 23.9 Å². The monoisotopic (exact) mass is 917 g/mol. The number of ether oxygens (including phenoxy) is 4. The molecule has 14 nitrogen and oxygen atoms in total. The first-order valence-corrected chi connectivity index (χ1v) is 25.2. The molecule has 2 aliphatic heterocycles. The third kappa shape index (κ3) is 15.6. The molecular weight excluding hydrogens is 841 g/mol. The van der Waals surface area contributed by atoms with Crippen molar-refractivity contribution in [3.8, 4) is 11.4 Å². The summed E-state index contributed by atoms with van der Waals surface area (Å²) in [6.45, 7) is 4.80. The van der Waals surface area contributed by atoms with E-state index in [0.717, 1.165) is 48.6 Å². The Morgan fingerprint density at radius 1 is 0.803 bits per heavy atom. The second kappa shape index (κ2) is 28.4. The minimum Gasteiger partial charge on any atom is -0.457 e. The molecule has 3 aromatic rings. The van der Waals surface area contributed by atoms with Crippen LogP contribution in [0.4, 0.5) is 4.79 Å². The second-order valence-electron chi connectivity index (χ2n) is 18.0. The van der Waals surface area contributed by atoms with Gasteiger partial charge in [0.15, 0.2) is 0 Å². The number of nitrogens with zero attached hydrogens (tertiary/aromatic N) is 2. The number of alkyl carbamates (subject to hydrolysis) is 1. The zero-order valence-electron chi connectivity index (χ0n) is 39.8. The second-order valence-corrected chi connectivity index (χ2v) is 18.0. The molecule has 2 atom stereocenters. The van der Waals surface area contributed by atoms with Gasteiger partial charge in [0.05, 0.1) is 42.2 Å². The van der Waals surface area contributed by atoms with E-state index in [1.54, 1.807) is 17.6 Å². The number of cyclic esters (lactones) is 1. The fraction of sp³-hybridized carbons (Fsp3) is 0.654. The molecule has 0 radical (unpaired) electrons. The summed E-state index contributed by atoms with van der Waals surface area (Å²) in [4.78, 5) is 69.8. The molecule has 0 fully saturated rings. The van der Waals surface area contributed by atoms with Crippen molar-refractivity contribution in [2.24, 2.45) is 0 Å². The number of para-hydroxylation sites is 1. The van der Waals surface area contributed by atoms with E-state index in [9.17, 15) is 29.1 Å². The van der Waals surface area contributed by atoms with Gasteiger partial charge in [-0.25, -0.2) is 14.6 Å². The maximum absolute atomic E-state index is 13.8. The molecule has 0 aliphatic carbocycles. The van der Waals surface area contributed by atoms with Crippen LogP contribution in [0.3, 0.4) is 0 Å². The number of hydrogen-bond donors (Lipinski definition) is 3. The molecule has 0 bridgehead atoms. The van der Waals surface area contributed by atoms with Gasteiger partial charge >= 0.3 is 18.0 Å². The summed E-state index contributed by atoms with van der Waals surface area (Å²) in [5, 5.41) is 16.0. The third-order valence-electron chi connectivity index (χ3n) is 12.9. The van der Waals surface area contributed by atoms with Crippen molar-refractivity contribution < 1.29 is 43.2 Å². The third-order valence-corrected chi connectivity index (χ3v) is 12.9. The van der Waals surface area contributed by atoms with Crippen LogP contribution >= 0.6 is 0 Å². The molecule has 4 heterocycles. The molecule has 0 saturated heterocycles. The number of esters is 2. The highest BCUT2D eigenvalue weighted by Gasteiger charge is 2.50. The van der Waals surface area contributed by atoms with Crippen LogP contribution in [0.5, 0.6) is 0 Å². The number of amides is 2. The minimum absolute atomic E-state index is 0.0350. The number of aromatic nitrogens is 2. The number of carbonyl (C=O) groups excluding carboxylic acids is 4. The fourth-order valence-corrected chi connectivity index (χ4v) is 8.98. The van der Waals surface area contributed by atoms with E-state index in [-0.39, 0.29) is 68.8 Å². The number of aliphatic hydroxyl groups excluding tert-OH is 1. The van der Waals surface area contributed by atoms with Gasteiger partial charge in [0.1, 0.15) is 12.7 Å². The molecule has 5 rings (SSSR count). The number of rotatable bonds is 33. The van der Waals surface area contributed by atoms with Crippen LogP contribution in [0, 0.1) is 0 Å². The van der Waals surface area contributed by atoms with Crippen LogP contribution in [-0.2, 0) is 52.1 Å². The van der Waals surface area contributed by atoms with E-state index in [2.05, 4.69) is 17.6 Å². The molecule has 0 spiro atoms. The summed E-state index contributed by atoms with van der Waals surface area (Å²) in [5.41, 5.74) is 1.24. The van der Waals surface area contributed by atoms with Gasteiger partial charge in [-0.2, -0.15) is 0 Å².